The summed E-state index contributed by atoms with van der Waals surface area (Å²) >= 11 is 6.15. The fourth-order valence-corrected chi connectivity index (χ4v) is 2.85. The fraction of sp³-hybridized carbons (Fsp3) is 0.190. The summed E-state index contributed by atoms with van der Waals surface area (Å²) in [6.07, 6.45) is -0.00716. The molecule has 0 aliphatic carbocycles. The van der Waals surface area contributed by atoms with Crippen molar-refractivity contribution >= 4 is 29.4 Å². The number of amides is 2. The number of aromatic nitrogens is 2. The summed E-state index contributed by atoms with van der Waals surface area (Å²) in [6, 6.07) is 18.4. The smallest absolute Gasteiger partial charge is 0.414 e. The molecule has 1 unspecified atom stereocenters. The number of anilines is 1. The maximum Gasteiger partial charge on any atom is 0.414 e. The van der Waals surface area contributed by atoms with E-state index >= 15 is 0 Å². The predicted octanol–water partition coefficient (Wildman–Crippen LogP) is 3.34. The lowest BCUT2D eigenvalue weighted by molar-refractivity contribution is -0.123. The molecule has 0 saturated heterocycles. The van der Waals surface area contributed by atoms with E-state index in [1.165, 1.54) is 7.05 Å². The van der Waals surface area contributed by atoms with E-state index in [0.717, 1.165) is 11.3 Å². The van der Waals surface area contributed by atoms with Crippen molar-refractivity contribution in [3.05, 3.63) is 77.4 Å². The highest BCUT2D eigenvalue weighted by atomic mass is 35.5. The molecular formula is C21H21ClN5O3. The molecule has 9 heteroatoms. The highest BCUT2D eigenvalue weighted by molar-refractivity contribution is 6.31. The summed E-state index contributed by atoms with van der Waals surface area (Å²) in [4.78, 5) is 24.1. The van der Waals surface area contributed by atoms with Gasteiger partial charge in [-0.2, -0.15) is 0 Å². The summed E-state index contributed by atoms with van der Waals surface area (Å²) in [6.45, 7) is 0.317. The first-order chi connectivity index (χ1) is 14.5. The van der Waals surface area contributed by atoms with Crippen LogP contribution in [0.15, 0.2) is 66.9 Å². The average molecular weight is 427 g/mol. The molecule has 0 bridgehead atoms. The van der Waals surface area contributed by atoms with E-state index in [2.05, 4.69) is 21.0 Å². The van der Waals surface area contributed by atoms with Crippen molar-refractivity contribution in [3.8, 4) is 5.69 Å². The quantitative estimate of drug-likeness (QED) is 0.538. The molecular weight excluding hydrogens is 406 g/mol. The van der Waals surface area contributed by atoms with Crippen LogP contribution in [0, 0.1) is 0 Å². The Morgan fingerprint density at radius 2 is 1.87 bits per heavy atom. The topological polar surface area (TPSA) is 99.4 Å². The van der Waals surface area contributed by atoms with E-state index in [1.54, 1.807) is 23.0 Å². The van der Waals surface area contributed by atoms with Crippen molar-refractivity contribution in [2.75, 3.05) is 12.4 Å². The second-order valence-electron chi connectivity index (χ2n) is 6.29. The van der Waals surface area contributed by atoms with Crippen LogP contribution in [-0.4, -0.2) is 35.1 Å². The molecule has 0 aliphatic rings. The van der Waals surface area contributed by atoms with Gasteiger partial charge in [0.1, 0.15) is 0 Å². The molecule has 2 N–H and O–H groups in total. The van der Waals surface area contributed by atoms with Crippen LogP contribution in [0.25, 0.3) is 5.69 Å². The van der Waals surface area contributed by atoms with Gasteiger partial charge in [0.25, 0.3) is 0 Å². The molecule has 1 heterocycles. The van der Waals surface area contributed by atoms with Gasteiger partial charge >= 0.3 is 6.09 Å². The number of halogens is 1. The molecule has 155 valence electrons. The van der Waals surface area contributed by atoms with E-state index < -0.39 is 18.2 Å². The molecule has 1 atom stereocenters. The minimum atomic E-state index is -0.881. The third-order valence-corrected chi connectivity index (χ3v) is 4.55. The van der Waals surface area contributed by atoms with E-state index in [9.17, 15) is 9.59 Å². The Balaban J connectivity index is 1.60. The first-order valence-corrected chi connectivity index (χ1v) is 9.61. The van der Waals surface area contributed by atoms with Gasteiger partial charge in [-0.1, -0.05) is 48.0 Å². The van der Waals surface area contributed by atoms with E-state index in [0.29, 0.717) is 17.4 Å². The maximum atomic E-state index is 12.3. The number of hydrogen-bond acceptors (Lipinski definition) is 5. The number of rotatable bonds is 8. The zero-order valence-electron chi connectivity index (χ0n) is 16.3. The standard InChI is InChI=1S/C21H21ClN5O3/c1-23-19(28)13-20(24-14-15-7-5-6-10-17(15)22)30-21(29)25-18-11-12-27(26-18)16-8-3-2-4-9-16/h2-12,20,24H,13-14H2,1H3,(H,25,26,29). The number of para-hydroxylation sites is 1. The third-order valence-electron chi connectivity index (χ3n) is 4.18. The second kappa shape index (κ2) is 10.4. The van der Waals surface area contributed by atoms with Gasteiger partial charge in [0.15, 0.2) is 12.0 Å². The van der Waals surface area contributed by atoms with E-state index in [1.807, 2.05) is 48.5 Å². The van der Waals surface area contributed by atoms with Gasteiger partial charge in [0.2, 0.25) is 5.91 Å². The molecule has 2 aromatic carbocycles. The molecule has 0 spiro atoms. The second-order valence-corrected chi connectivity index (χ2v) is 6.70. The zero-order chi connectivity index (χ0) is 21.3. The first-order valence-electron chi connectivity index (χ1n) is 9.23. The maximum absolute atomic E-state index is 12.3. The molecule has 1 radical (unpaired) electrons. The SMILES string of the molecule is C[N]C(=O)CC(NCc1ccccc1Cl)OC(=O)Nc1ccn(-c2ccccc2)n1. The predicted molar refractivity (Wildman–Crippen MR) is 113 cm³/mol. The molecule has 0 saturated carbocycles. The van der Waals surface area contributed by atoms with Crippen molar-refractivity contribution in [3.63, 3.8) is 0 Å². The number of ether oxygens (including phenoxy) is 1. The minimum Gasteiger partial charge on any atom is -0.430 e. The Morgan fingerprint density at radius 1 is 1.13 bits per heavy atom. The van der Waals surface area contributed by atoms with Crippen molar-refractivity contribution in [2.24, 2.45) is 0 Å². The summed E-state index contributed by atoms with van der Waals surface area (Å²) in [7, 11) is 1.39. The van der Waals surface area contributed by atoms with Crippen LogP contribution in [0.2, 0.25) is 5.02 Å². The van der Waals surface area contributed by atoms with Gasteiger partial charge in [-0.05, 0) is 23.8 Å². The zero-order valence-corrected chi connectivity index (χ0v) is 17.0. The van der Waals surface area contributed by atoms with Gasteiger partial charge in [-0.3, -0.25) is 20.7 Å². The van der Waals surface area contributed by atoms with Crippen LogP contribution in [0.3, 0.4) is 0 Å². The van der Waals surface area contributed by atoms with Crippen molar-refractivity contribution < 1.29 is 14.3 Å². The van der Waals surface area contributed by atoms with Gasteiger partial charge < -0.3 is 4.74 Å². The molecule has 3 aromatic rings. The highest BCUT2D eigenvalue weighted by Gasteiger charge is 2.19. The van der Waals surface area contributed by atoms with Crippen molar-refractivity contribution in [1.29, 1.82) is 0 Å². The van der Waals surface area contributed by atoms with Gasteiger partial charge in [0.05, 0.1) is 12.1 Å². The molecule has 0 aliphatic heterocycles. The van der Waals surface area contributed by atoms with Gasteiger partial charge in [-0.15, -0.1) is 5.10 Å². The summed E-state index contributed by atoms with van der Waals surface area (Å²) < 4.78 is 7.00. The van der Waals surface area contributed by atoms with Crippen molar-refractivity contribution in [1.82, 2.24) is 20.4 Å². The van der Waals surface area contributed by atoms with Crippen LogP contribution in [0.4, 0.5) is 10.6 Å². The van der Waals surface area contributed by atoms with Crippen LogP contribution >= 0.6 is 11.6 Å². The third kappa shape index (κ3) is 6.07. The largest absolute Gasteiger partial charge is 0.430 e. The number of nitrogens with zero attached hydrogens (tertiary/aromatic N) is 3. The Labute approximate surface area is 179 Å². The van der Waals surface area contributed by atoms with Crippen LogP contribution < -0.4 is 16.0 Å². The summed E-state index contributed by atoms with van der Waals surface area (Å²) in [5.74, 6) is -0.0759. The monoisotopic (exact) mass is 426 g/mol. The lowest BCUT2D eigenvalue weighted by Crippen LogP contribution is -2.38. The number of nitrogens with one attached hydrogen (secondary N) is 2. The molecule has 2 amide bonds. The number of hydrogen-bond donors (Lipinski definition) is 2. The Kier molecular flexibility index (Phi) is 7.42. The number of carbonyl (C=O) groups excluding carboxylic acids is 2. The normalized spacial score (nSPS) is 11.5. The lowest BCUT2D eigenvalue weighted by Gasteiger charge is -2.18. The Bertz CT molecular complexity index is 993. The lowest BCUT2D eigenvalue weighted by atomic mass is 10.2. The Morgan fingerprint density at radius 3 is 2.60 bits per heavy atom. The summed E-state index contributed by atoms with van der Waals surface area (Å²) in [5, 5.41) is 14.0. The van der Waals surface area contributed by atoms with Gasteiger partial charge in [-0.25, -0.2) is 9.48 Å². The summed E-state index contributed by atoms with van der Waals surface area (Å²) in [5.41, 5.74) is 1.67. The number of carbonyl (C=O) groups is 2. The minimum absolute atomic E-state index is 0.104. The highest BCUT2D eigenvalue weighted by Crippen LogP contribution is 2.15. The van der Waals surface area contributed by atoms with Crippen molar-refractivity contribution in [2.45, 2.75) is 19.2 Å². The molecule has 3 rings (SSSR count). The average Bonchev–Trinajstić information content (AvgIpc) is 3.21. The first kappa shape index (κ1) is 21.4. The van der Waals surface area contributed by atoms with Gasteiger partial charge in [0, 0.05) is 30.9 Å². The fourth-order valence-electron chi connectivity index (χ4n) is 2.65. The molecule has 0 fully saturated rings. The van der Waals surface area contributed by atoms with Crippen LogP contribution in [0.5, 0.6) is 0 Å². The van der Waals surface area contributed by atoms with Crippen LogP contribution in [0.1, 0.15) is 12.0 Å². The van der Waals surface area contributed by atoms with E-state index in [-0.39, 0.29) is 6.42 Å². The van der Waals surface area contributed by atoms with E-state index in [4.69, 9.17) is 16.3 Å². The molecule has 8 nitrogen and oxygen atoms in total. The van der Waals surface area contributed by atoms with Crippen LogP contribution in [-0.2, 0) is 16.1 Å². The molecule has 30 heavy (non-hydrogen) atoms. The molecule has 1 aromatic heterocycles. The number of benzene rings is 2. The Hall–Kier alpha value is -3.36.